The minimum Gasteiger partial charge on any atom is -0.481 e. The summed E-state index contributed by atoms with van der Waals surface area (Å²) >= 11 is 0. The van der Waals surface area contributed by atoms with Crippen molar-refractivity contribution < 1.29 is 19.5 Å². The Hall–Kier alpha value is -1.97. The normalized spacial score (nSPS) is 11.8. The van der Waals surface area contributed by atoms with Gasteiger partial charge in [-0.3, -0.25) is 14.4 Å². The maximum absolute atomic E-state index is 11.8. The van der Waals surface area contributed by atoms with Crippen molar-refractivity contribution in [1.82, 2.24) is 0 Å². The molecule has 0 bridgehead atoms. The van der Waals surface area contributed by atoms with E-state index in [0.717, 1.165) is 0 Å². The molecule has 1 aromatic carbocycles. The molecule has 1 N–H and O–H groups in total. The topological polar surface area (TPSA) is 71.4 Å². The Morgan fingerprint density at radius 2 is 1.76 bits per heavy atom. The van der Waals surface area contributed by atoms with Gasteiger partial charge in [0.1, 0.15) is 11.7 Å². The van der Waals surface area contributed by atoms with Crippen LogP contribution in [-0.4, -0.2) is 22.6 Å². The summed E-state index contributed by atoms with van der Waals surface area (Å²) in [7, 11) is 0. The van der Waals surface area contributed by atoms with E-state index in [1.807, 2.05) is 0 Å². The van der Waals surface area contributed by atoms with Crippen molar-refractivity contribution in [3.8, 4) is 0 Å². The van der Waals surface area contributed by atoms with Crippen LogP contribution in [-0.2, 0) is 9.59 Å². The van der Waals surface area contributed by atoms with E-state index >= 15 is 0 Å². The number of Topliss-reactive ketones (excluding diaryl/α,β-unsaturated/α-hetero) is 2. The zero-order chi connectivity index (χ0) is 12.8. The molecule has 1 rings (SSSR count). The number of carboxylic acids is 1. The molecule has 90 valence electrons. The van der Waals surface area contributed by atoms with E-state index < -0.39 is 17.7 Å². The van der Waals surface area contributed by atoms with Crippen molar-refractivity contribution >= 4 is 17.5 Å². The lowest BCUT2D eigenvalue weighted by Crippen LogP contribution is -2.26. The van der Waals surface area contributed by atoms with Crippen molar-refractivity contribution in [3.63, 3.8) is 0 Å². The van der Waals surface area contributed by atoms with Crippen molar-refractivity contribution in [3.05, 3.63) is 35.9 Å². The highest BCUT2D eigenvalue weighted by atomic mass is 16.4. The molecular weight excluding hydrogens is 220 g/mol. The second-order valence-corrected chi connectivity index (χ2v) is 3.70. The molecule has 0 spiro atoms. The fourth-order valence-corrected chi connectivity index (χ4v) is 1.51. The minimum absolute atomic E-state index is 0.124. The molecule has 0 saturated heterocycles. The molecule has 0 saturated carbocycles. The monoisotopic (exact) mass is 234 g/mol. The molecule has 0 aliphatic carbocycles. The average Bonchev–Trinajstić information content (AvgIpc) is 2.35. The molecule has 0 aliphatic heterocycles. The third-order valence-corrected chi connectivity index (χ3v) is 2.52. The molecule has 17 heavy (non-hydrogen) atoms. The van der Waals surface area contributed by atoms with Gasteiger partial charge >= 0.3 is 5.97 Å². The van der Waals surface area contributed by atoms with Crippen molar-refractivity contribution in [2.45, 2.75) is 19.8 Å². The van der Waals surface area contributed by atoms with E-state index in [0.29, 0.717) is 5.56 Å². The Balaban J connectivity index is 2.78. The summed E-state index contributed by atoms with van der Waals surface area (Å²) in [6.07, 6.45) is -0.148. The van der Waals surface area contributed by atoms with Gasteiger partial charge in [0.15, 0.2) is 5.78 Å². The summed E-state index contributed by atoms with van der Waals surface area (Å²) in [6, 6.07) is 8.38. The summed E-state index contributed by atoms with van der Waals surface area (Å²) in [6.45, 7) is 1.59. The van der Waals surface area contributed by atoms with Gasteiger partial charge < -0.3 is 5.11 Å². The molecule has 0 heterocycles. The Kier molecular flexibility index (Phi) is 4.57. The van der Waals surface area contributed by atoms with Gasteiger partial charge in [0.25, 0.3) is 0 Å². The first-order valence-corrected chi connectivity index (χ1v) is 5.40. The SMILES string of the molecule is CCC(=O)C(CC(=O)c1ccccc1)C(=O)O. The number of carboxylic acid groups (broad SMARTS) is 1. The minimum atomic E-state index is -1.24. The molecule has 1 unspecified atom stereocenters. The molecular formula is C13H14O4. The third-order valence-electron chi connectivity index (χ3n) is 2.52. The van der Waals surface area contributed by atoms with Crippen LogP contribution in [0.25, 0.3) is 0 Å². The highest BCUT2D eigenvalue weighted by Crippen LogP contribution is 2.13. The van der Waals surface area contributed by atoms with E-state index in [-0.39, 0.29) is 18.6 Å². The number of ketones is 2. The number of hydrogen-bond donors (Lipinski definition) is 1. The maximum atomic E-state index is 11.8. The van der Waals surface area contributed by atoms with Crippen LogP contribution in [0.4, 0.5) is 0 Å². The highest BCUT2D eigenvalue weighted by molar-refractivity contribution is 6.05. The van der Waals surface area contributed by atoms with Crippen molar-refractivity contribution in [1.29, 1.82) is 0 Å². The molecule has 1 aromatic rings. The van der Waals surface area contributed by atoms with Crippen molar-refractivity contribution in [2.24, 2.45) is 5.92 Å². The van der Waals surface area contributed by atoms with Crippen LogP contribution < -0.4 is 0 Å². The van der Waals surface area contributed by atoms with E-state index in [1.165, 1.54) is 0 Å². The van der Waals surface area contributed by atoms with Gasteiger partial charge in [-0.2, -0.15) is 0 Å². The summed E-state index contributed by atoms with van der Waals surface area (Å²) in [5.41, 5.74) is 0.433. The van der Waals surface area contributed by atoms with Gasteiger partial charge in [0, 0.05) is 18.4 Å². The zero-order valence-corrected chi connectivity index (χ0v) is 9.55. The quantitative estimate of drug-likeness (QED) is 0.603. The second kappa shape index (κ2) is 5.94. The lowest BCUT2D eigenvalue weighted by atomic mass is 9.93. The van der Waals surface area contributed by atoms with Crippen LogP contribution in [0.3, 0.4) is 0 Å². The Labute approximate surface area is 99.3 Å². The van der Waals surface area contributed by atoms with E-state index in [2.05, 4.69) is 0 Å². The summed E-state index contributed by atoms with van der Waals surface area (Å²) < 4.78 is 0. The maximum Gasteiger partial charge on any atom is 0.314 e. The summed E-state index contributed by atoms with van der Waals surface area (Å²) in [5, 5.41) is 8.90. The number of carbonyl (C=O) groups is 3. The molecule has 1 atom stereocenters. The Morgan fingerprint density at radius 1 is 1.18 bits per heavy atom. The summed E-state index contributed by atoms with van der Waals surface area (Å²) in [5.74, 6) is -3.20. The van der Waals surface area contributed by atoms with Crippen LogP contribution in [0.2, 0.25) is 0 Å². The van der Waals surface area contributed by atoms with Gasteiger partial charge in [0.05, 0.1) is 0 Å². The number of carbonyl (C=O) groups excluding carboxylic acids is 2. The lowest BCUT2D eigenvalue weighted by molar-refractivity contribution is -0.146. The summed E-state index contributed by atoms with van der Waals surface area (Å²) in [4.78, 5) is 34.0. The standard InChI is InChI=1S/C13H14O4/c1-2-11(14)10(13(16)17)8-12(15)9-6-4-3-5-7-9/h3-7,10H,2,8H2,1H3,(H,16,17). The van der Waals surface area contributed by atoms with Crippen LogP contribution in [0, 0.1) is 5.92 Å². The highest BCUT2D eigenvalue weighted by Gasteiger charge is 2.27. The largest absolute Gasteiger partial charge is 0.481 e. The van der Waals surface area contributed by atoms with Crippen LogP contribution in [0.1, 0.15) is 30.1 Å². The molecule has 0 amide bonds. The lowest BCUT2D eigenvalue weighted by Gasteiger charge is -2.09. The molecule has 0 radical (unpaired) electrons. The molecule has 4 heteroatoms. The van der Waals surface area contributed by atoms with Gasteiger partial charge in [-0.15, -0.1) is 0 Å². The number of hydrogen-bond acceptors (Lipinski definition) is 3. The predicted octanol–water partition coefficient (Wildman–Crippen LogP) is 1.94. The third kappa shape index (κ3) is 3.52. The average molecular weight is 234 g/mol. The zero-order valence-electron chi connectivity index (χ0n) is 9.55. The van der Waals surface area contributed by atoms with E-state index in [9.17, 15) is 14.4 Å². The van der Waals surface area contributed by atoms with Gasteiger partial charge in [0.2, 0.25) is 0 Å². The molecule has 4 nitrogen and oxygen atoms in total. The smallest absolute Gasteiger partial charge is 0.314 e. The molecule has 0 aliphatic rings. The van der Waals surface area contributed by atoms with E-state index in [1.54, 1.807) is 37.3 Å². The second-order valence-electron chi connectivity index (χ2n) is 3.70. The fourth-order valence-electron chi connectivity index (χ4n) is 1.51. The number of rotatable bonds is 6. The Bertz CT molecular complexity index is 422. The van der Waals surface area contributed by atoms with Crippen LogP contribution in [0.15, 0.2) is 30.3 Å². The van der Waals surface area contributed by atoms with Crippen LogP contribution >= 0.6 is 0 Å². The molecule has 0 aromatic heterocycles. The van der Waals surface area contributed by atoms with Gasteiger partial charge in [-0.25, -0.2) is 0 Å². The number of aliphatic carboxylic acids is 1. The number of benzene rings is 1. The van der Waals surface area contributed by atoms with Gasteiger partial charge in [-0.05, 0) is 0 Å². The first-order valence-electron chi connectivity index (χ1n) is 5.40. The fraction of sp³-hybridized carbons (Fsp3) is 0.308. The van der Waals surface area contributed by atoms with E-state index in [4.69, 9.17) is 5.11 Å². The Morgan fingerprint density at radius 3 is 2.24 bits per heavy atom. The first-order chi connectivity index (χ1) is 8.06. The van der Waals surface area contributed by atoms with Crippen molar-refractivity contribution in [2.75, 3.05) is 0 Å². The van der Waals surface area contributed by atoms with Gasteiger partial charge in [-0.1, -0.05) is 37.3 Å². The van der Waals surface area contributed by atoms with Crippen LogP contribution in [0.5, 0.6) is 0 Å². The first kappa shape index (κ1) is 13.1. The predicted molar refractivity (Wildman–Crippen MR) is 61.8 cm³/mol. The molecule has 0 fully saturated rings.